The van der Waals surface area contributed by atoms with Crippen LogP contribution < -0.4 is 5.69 Å². The van der Waals surface area contributed by atoms with Gasteiger partial charge in [-0.25, -0.2) is 4.79 Å². The Hall–Kier alpha value is -2.66. The fraction of sp³-hybridized carbons (Fsp3) is 0.222. The first kappa shape index (κ1) is 15.2. The summed E-state index contributed by atoms with van der Waals surface area (Å²) in [4.78, 5) is 31.6. The number of benzene rings is 2. The summed E-state index contributed by atoms with van der Waals surface area (Å²) in [5.41, 5.74) is 2.81. The number of aromatic amines is 2. The molecular weight excluding hydrogens is 290 g/mol. The van der Waals surface area contributed by atoms with Crippen molar-refractivity contribution in [1.82, 2.24) is 14.9 Å². The monoisotopic (exact) mass is 309 g/mol. The van der Waals surface area contributed by atoms with E-state index in [1.807, 2.05) is 49.3 Å². The van der Waals surface area contributed by atoms with E-state index in [-0.39, 0.29) is 17.5 Å². The molecule has 5 heteroatoms. The molecule has 0 unspecified atom stereocenters. The third-order valence-electron chi connectivity index (χ3n) is 4.00. The Kier molecular flexibility index (Phi) is 4.12. The fourth-order valence-electron chi connectivity index (χ4n) is 2.73. The number of imidazole rings is 1. The lowest BCUT2D eigenvalue weighted by Gasteiger charge is -2.23. The van der Waals surface area contributed by atoms with Crippen LogP contribution in [0, 0.1) is 0 Å². The molecule has 0 saturated carbocycles. The van der Waals surface area contributed by atoms with Crippen LogP contribution in [-0.2, 0) is 6.42 Å². The first-order chi connectivity index (χ1) is 11.0. The number of carbonyl (C=O) groups is 1. The number of likely N-dealkylation sites (N-methyl/N-ethyl adjacent to an activating group) is 1. The van der Waals surface area contributed by atoms with Crippen molar-refractivity contribution in [2.24, 2.45) is 0 Å². The van der Waals surface area contributed by atoms with Gasteiger partial charge in [-0.3, -0.25) is 9.69 Å². The number of H-pyrrole nitrogens is 2. The van der Waals surface area contributed by atoms with Crippen LogP contribution in [0.2, 0.25) is 0 Å². The summed E-state index contributed by atoms with van der Waals surface area (Å²) < 4.78 is 0. The summed E-state index contributed by atoms with van der Waals surface area (Å²) in [6.45, 7) is 0. The molecule has 0 aliphatic carbocycles. The Morgan fingerprint density at radius 2 is 1.74 bits per heavy atom. The summed E-state index contributed by atoms with van der Waals surface area (Å²) in [5.74, 6) is 0.0443. The van der Waals surface area contributed by atoms with Crippen molar-refractivity contribution < 1.29 is 4.79 Å². The number of ketones is 1. The molecule has 0 fully saturated rings. The maximum atomic E-state index is 12.9. The third kappa shape index (κ3) is 3.24. The van der Waals surface area contributed by atoms with Gasteiger partial charge in [0.05, 0.1) is 17.1 Å². The Bertz CT molecular complexity index is 878. The number of nitrogens with one attached hydrogen (secondary N) is 2. The highest BCUT2D eigenvalue weighted by Crippen LogP contribution is 2.16. The van der Waals surface area contributed by atoms with Gasteiger partial charge in [-0.2, -0.15) is 0 Å². The van der Waals surface area contributed by atoms with Crippen molar-refractivity contribution >= 4 is 16.8 Å². The fourth-order valence-corrected chi connectivity index (χ4v) is 2.73. The topological polar surface area (TPSA) is 69.0 Å². The Morgan fingerprint density at radius 1 is 1.04 bits per heavy atom. The molecule has 118 valence electrons. The highest BCUT2D eigenvalue weighted by molar-refractivity contribution is 6.02. The van der Waals surface area contributed by atoms with Gasteiger partial charge in [-0.05, 0) is 44.3 Å². The lowest BCUT2D eigenvalue weighted by molar-refractivity contribution is 0.0875. The van der Waals surface area contributed by atoms with Crippen molar-refractivity contribution in [2.75, 3.05) is 14.1 Å². The molecule has 1 atom stereocenters. The summed E-state index contributed by atoms with van der Waals surface area (Å²) in [6, 6.07) is 15.0. The Morgan fingerprint density at radius 3 is 2.43 bits per heavy atom. The van der Waals surface area contributed by atoms with Crippen molar-refractivity contribution in [2.45, 2.75) is 12.5 Å². The second-order valence-corrected chi connectivity index (χ2v) is 5.87. The zero-order valence-corrected chi connectivity index (χ0v) is 13.2. The van der Waals surface area contributed by atoms with Crippen molar-refractivity contribution in [3.8, 4) is 0 Å². The van der Waals surface area contributed by atoms with Crippen LogP contribution in [-0.4, -0.2) is 40.8 Å². The quantitative estimate of drug-likeness (QED) is 0.710. The van der Waals surface area contributed by atoms with E-state index >= 15 is 0 Å². The van der Waals surface area contributed by atoms with E-state index in [9.17, 15) is 9.59 Å². The number of hydrogen-bond acceptors (Lipinski definition) is 3. The average Bonchev–Trinajstić information content (AvgIpc) is 2.91. The van der Waals surface area contributed by atoms with Gasteiger partial charge >= 0.3 is 5.69 Å². The van der Waals surface area contributed by atoms with Crippen LogP contribution in [0.5, 0.6) is 0 Å². The molecule has 3 rings (SSSR count). The zero-order chi connectivity index (χ0) is 16.4. The number of fused-ring (bicyclic) bond motifs is 1. The van der Waals surface area contributed by atoms with Crippen LogP contribution in [0.4, 0.5) is 0 Å². The van der Waals surface area contributed by atoms with E-state index in [1.165, 1.54) is 0 Å². The van der Waals surface area contributed by atoms with Crippen molar-refractivity contribution in [1.29, 1.82) is 0 Å². The summed E-state index contributed by atoms with van der Waals surface area (Å²) in [6.07, 6.45) is 0.647. The van der Waals surface area contributed by atoms with E-state index in [4.69, 9.17) is 0 Å². The second-order valence-electron chi connectivity index (χ2n) is 5.87. The molecule has 23 heavy (non-hydrogen) atoms. The second kappa shape index (κ2) is 6.22. The van der Waals surface area contributed by atoms with Crippen molar-refractivity contribution in [3.63, 3.8) is 0 Å². The lowest BCUT2D eigenvalue weighted by Crippen LogP contribution is -2.37. The van der Waals surface area contributed by atoms with Gasteiger partial charge in [0.15, 0.2) is 5.78 Å². The maximum absolute atomic E-state index is 12.9. The molecular formula is C18H19N3O2. The van der Waals surface area contributed by atoms with Crippen LogP contribution in [0.25, 0.3) is 11.0 Å². The summed E-state index contributed by atoms with van der Waals surface area (Å²) in [7, 11) is 3.81. The normalized spacial score (nSPS) is 12.7. The van der Waals surface area contributed by atoms with Crippen LogP contribution in [0.15, 0.2) is 53.3 Å². The predicted molar refractivity (Wildman–Crippen MR) is 90.9 cm³/mol. The van der Waals surface area contributed by atoms with Gasteiger partial charge in [0.25, 0.3) is 0 Å². The minimum Gasteiger partial charge on any atom is -0.306 e. The third-order valence-corrected chi connectivity index (χ3v) is 4.00. The molecule has 0 saturated heterocycles. The SMILES string of the molecule is CN(C)[C@@H](Cc1ccccc1)C(=O)c1ccc2[nH]c(=O)[nH]c2c1. The number of aromatic nitrogens is 2. The molecule has 5 nitrogen and oxygen atoms in total. The predicted octanol–water partition coefficient (Wildman–Crippen LogP) is 2.21. The molecule has 1 aromatic heterocycles. The van der Waals surface area contributed by atoms with Gasteiger partial charge in [-0.1, -0.05) is 30.3 Å². The number of nitrogens with zero attached hydrogens (tertiary/aromatic N) is 1. The molecule has 0 aliphatic heterocycles. The van der Waals surface area contributed by atoms with Gasteiger partial charge in [0.2, 0.25) is 0 Å². The Labute approximate surface area is 134 Å². The molecule has 3 aromatic rings. The van der Waals surface area contributed by atoms with E-state index in [1.54, 1.807) is 18.2 Å². The maximum Gasteiger partial charge on any atom is 0.323 e. The first-order valence-electron chi connectivity index (χ1n) is 7.51. The highest BCUT2D eigenvalue weighted by Gasteiger charge is 2.23. The minimum absolute atomic E-state index is 0.0443. The number of carbonyl (C=O) groups excluding carboxylic acids is 1. The molecule has 1 heterocycles. The molecule has 2 N–H and O–H groups in total. The summed E-state index contributed by atoms with van der Waals surface area (Å²) >= 11 is 0. The van der Waals surface area contributed by atoms with Gasteiger partial charge in [-0.15, -0.1) is 0 Å². The molecule has 0 spiro atoms. The van der Waals surface area contributed by atoms with Gasteiger partial charge in [0, 0.05) is 5.56 Å². The van der Waals surface area contributed by atoms with Crippen LogP contribution in [0.3, 0.4) is 0 Å². The number of Topliss-reactive ketones (excluding diaryl/α,β-unsaturated/α-hetero) is 1. The lowest BCUT2D eigenvalue weighted by atomic mass is 9.96. The first-order valence-corrected chi connectivity index (χ1v) is 7.51. The van der Waals surface area contributed by atoms with E-state index in [2.05, 4.69) is 9.97 Å². The molecule has 0 bridgehead atoms. The highest BCUT2D eigenvalue weighted by atomic mass is 16.1. The van der Waals surface area contributed by atoms with Crippen molar-refractivity contribution in [3.05, 3.63) is 70.1 Å². The zero-order valence-electron chi connectivity index (χ0n) is 13.2. The summed E-state index contributed by atoms with van der Waals surface area (Å²) in [5, 5.41) is 0. The standard InChI is InChI=1S/C18H19N3O2/c1-21(2)16(10-12-6-4-3-5-7-12)17(22)13-8-9-14-15(11-13)20-18(23)19-14/h3-9,11,16H,10H2,1-2H3,(H2,19,20,23)/t16-/m0/s1. The van der Waals surface area contributed by atoms with Gasteiger partial charge in [0.1, 0.15) is 0 Å². The number of hydrogen-bond donors (Lipinski definition) is 2. The molecule has 0 amide bonds. The van der Waals surface area contributed by atoms with E-state index in [0.717, 1.165) is 5.56 Å². The van der Waals surface area contributed by atoms with Crippen LogP contribution >= 0.6 is 0 Å². The molecule has 0 aliphatic rings. The molecule has 2 aromatic carbocycles. The average molecular weight is 309 g/mol. The number of rotatable bonds is 5. The molecule has 0 radical (unpaired) electrons. The van der Waals surface area contributed by atoms with E-state index < -0.39 is 0 Å². The van der Waals surface area contributed by atoms with Crippen LogP contribution in [0.1, 0.15) is 15.9 Å². The van der Waals surface area contributed by atoms with Gasteiger partial charge < -0.3 is 9.97 Å². The largest absolute Gasteiger partial charge is 0.323 e. The van der Waals surface area contributed by atoms with E-state index in [0.29, 0.717) is 23.0 Å². The Balaban J connectivity index is 1.91. The smallest absolute Gasteiger partial charge is 0.306 e. The minimum atomic E-state index is -0.266.